The molecule has 0 bridgehead atoms. The van der Waals surface area contributed by atoms with Crippen molar-refractivity contribution in [2.45, 2.75) is 32.7 Å². The second kappa shape index (κ2) is 5.22. The van der Waals surface area contributed by atoms with Crippen LogP contribution in [0.2, 0.25) is 0 Å². The van der Waals surface area contributed by atoms with Crippen molar-refractivity contribution in [3.05, 3.63) is 29.8 Å². The van der Waals surface area contributed by atoms with Crippen molar-refractivity contribution in [1.29, 1.82) is 5.26 Å². The third-order valence-electron chi connectivity index (χ3n) is 4.70. The van der Waals surface area contributed by atoms with E-state index in [9.17, 15) is 14.9 Å². The molecule has 1 saturated heterocycles. The first-order chi connectivity index (χ1) is 10.5. The van der Waals surface area contributed by atoms with Gasteiger partial charge in [-0.2, -0.15) is 5.26 Å². The molecular weight excluding hydrogens is 278 g/mol. The van der Waals surface area contributed by atoms with Gasteiger partial charge in [0.15, 0.2) is 0 Å². The number of likely N-dealkylation sites (tertiary alicyclic amines) is 1. The van der Waals surface area contributed by atoms with Gasteiger partial charge in [-0.3, -0.25) is 19.4 Å². The molecule has 22 heavy (non-hydrogen) atoms. The van der Waals surface area contributed by atoms with Crippen LogP contribution in [0.4, 0.5) is 5.69 Å². The van der Waals surface area contributed by atoms with Crippen LogP contribution >= 0.6 is 0 Å². The molecule has 1 aromatic carbocycles. The van der Waals surface area contributed by atoms with Crippen molar-refractivity contribution in [2.75, 3.05) is 18.1 Å². The summed E-state index contributed by atoms with van der Waals surface area (Å²) in [6.07, 6.45) is 1.98. The molecular formula is C17H19N3O2. The van der Waals surface area contributed by atoms with Gasteiger partial charge in [0.25, 0.3) is 5.78 Å². The fraction of sp³-hybridized carbons (Fsp3) is 0.471. The van der Waals surface area contributed by atoms with Gasteiger partial charge in [0, 0.05) is 6.54 Å². The molecule has 5 nitrogen and oxygen atoms in total. The Morgan fingerprint density at radius 3 is 2.77 bits per heavy atom. The Morgan fingerprint density at radius 1 is 1.32 bits per heavy atom. The maximum atomic E-state index is 12.3. The van der Waals surface area contributed by atoms with Crippen LogP contribution in [0.15, 0.2) is 24.3 Å². The Hall–Kier alpha value is -2.19. The van der Waals surface area contributed by atoms with E-state index < -0.39 is 11.7 Å². The molecule has 0 radical (unpaired) electrons. The van der Waals surface area contributed by atoms with Crippen molar-refractivity contribution >= 4 is 17.4 Å². The van der Waals surface area contributed by atoms with E-state index in [4.69, 9.17) is 0 Å². The predicted octanol–water partition coefficient (Wildman–Crippen LogP) is 2.19. The lowest BCUT2D eigenvalue weighted by molar-refractivity contribution is -0.115. The second-order valence-electron chi connectivity index (χ2n) is 6.66. The van der Waals surface area contributed by atoms with Gasteiger partial charge in [-0.25, -0.2) is 0 Å². The highest BCUT2D eigenvalue weighted by Crippen LogP contribution is 2.36. The summed E-state index contributed by atoms with van der Waals surface area (Å²) >= 11 is 0. The lowest BCUT2D eigenvalue weighted by Gasteiger charge is -2.43. The molecule has 5 heteroatoms. The molecule has 0 N–H and O–H groups in total. The minimum atomic E-state index is -0.499. The lowest BCUT2D eigenvalue weighted by Crippen LogP contribution is -2.53. The summed E-state index contributed by atoms with van der Waals surface area (Å²) in [6.45, 7) is 5.22. The van der Waals surface area contributed by atoms with Crippen molar-refractivity contribution in [3.63, 3.8) is 0 Å². The van der Waals surface area contributed by atoms with Gasteiger partial charge in [-0.15, -0.1) is 0 Å². The molecule has 3 rings (SSSR count). The predicted molar refractivity (Wildman–Crippen MR) is 82.2 cm³/mol. The fourth-order valence-corrected chi connectivity index (χ4v) is 3.48. The number of ketones is 1. The van der Waals surface area contributed by atoms with Crippen molar-refractivity contribution in [1.82, 2.24) is 4.90 Å². The van der Waals surface area contributed by atoms with Gasteiger partial charge in [0.2, 0.25) is 0 Å². The molecule has 1 aromatic rings. The van der Waals surface area contributed by atoms with Gasteiger partial charge in [-0.05, 0) is 30.4 Å². The molecule has 2 aliphatic heterocycles. The minimum absolute atomic E-state index is 0.112. The number of piperidine rings is 1. The third kappa shape index (κ3) is 2.20. The number of nitriles is 1. The zero-order valence-electron chi connectivity index (χ0n) is 12.9. The summed E-state index contributed by atoms with van der Waals surface area (Å²) in [5.41, 5.74) is 0.995. The highest BCUT2D eigenvalue weighted by atomic mass is 16.2. The number of amides is 1. The van der Waals surface area contributed by atoms with Crippen molar-refractivity contribution in [3.8, 4) is 6.07 Å². The van der Waals surface area contributed by atoms with E-state index in [0.29, 0.717) is 17.9 Å². The van der Waals surface area contributed by atoms with Gasteiger partial charge in [0.1, 0.15) is 6.04 Å². The fourth-order valence-electron chi connectivity index (χ4n) is 3.48. The summed E-state index contributed by atoms with van der Waals surface area (Å²) in [6, 6.07) is 9.16. The topological polar surface area (TPSA) is 64.4 Å². The number of hydrogen-bond acceptors (Lipinski definition) is 4. The molecule has 1 unspecified atom stereocenters. The number of anilines is 1. The van der Waals surface area contributed by atoms with E-state index in [1.165, 1.54) is 4.90 Å². The first-order valence-electron chi connectivity index (χ1n) is 7.54. The monoisotopic (exact) mass is 297 g/mol. The van der Waals surface area contributed by atoms with Crippen LogP contribution < -0.4 is 4.90 Å². The molecule has 0 saturated carbocycles. The van der Waals surface area contributed by atoms with E-state index in [1.54, 1.807) is 18.2 Å². The smallest absolute Gasteiger partial charge is 0.291 e. The Kier molecular flexibility index (Phi) is 3.50. The Bertz CT molecular complexity index is 675. The Labute approximate surface area is 130 Å². The zero-order valence-corrected chi connectivity index (χ0v) is 12.9. The summed E-state index contributed by atoms with van der Waals surface area (Å²) < 4.78 is 0. The SMILES string of the molecule is CC1(C)CCCN(CN2C(=O)C(=O)c3ccccc32)C1C#N. The third-order valence-corrected chi connectivity index (χ3v) is 4.70. The van der Waals surface area contributed by atoms with Crippen LogP contribution in [0.1, 0.15) is 37.0 Å². The molecule has 114 valence electrons. The van der Waals surface area contributed by atoms with Crippen molar-refractivity contribution < 1.29 is 9.59 Å². The maximum absolute atomic E-state index is 12.3. The van der Waals surface area contributed by atoms with Gasteiger partial charge >= 0.3 is 5.91 Å². The van der Waals surface area contributed by atoms with Crippen LogP contribution in [0, 0.1) is 16.7 Å². The molecule has 0 aromatic heterocycles. The van der Waals surface area contributed by atoms with Gasteiger partial charge < -0.3 is 0 Å². The molecule has 1 fully saturated rings. The number of hydrogen-bond donors (Lipinski definition) is 0. The summed E-state index contributed by atoms with van der Waals surface area (Å²) in [7, 11) is 0. The number of benzene rings is 1. The average molecular weight is 297 g/mol. The van der Waals surface area contributed by atoms with E-state index in [0.717, 1.165) is 19.4 Å². The minimum Gasteiger partial charge on any atom is -0.291 e. The first kappa shape index (κ1) is 14.7. The van der Waals surface area contributed by atoms with Crippen LogP contribution in [-0.2, 0) is 4.79 Å². The highest BCUT2D eigenvalue weighted by molar-refractivity contribution is 6.52. The summed E-state index contributed by atoms with van der Waals surface area (Å²) in [5.74, 6) is -0.957. The maximum Gasteiger partial charge on any atom is 0.300 e. The number of rotatable bonds is 2. The molecule has 1 atom stereocenters. The Balaban J connectivity index is 1.89. The van der Waals surface area contributed by atoms with Crippen LogP contribution in [0.5, 0.6) is 0 Å². The van der Waals surface area contributed by atoms with E-state index in [-0.39, 0.29) is 11.5 Å². The summed E-state index contributed by atoms with van der Waals surface area (Å²) in [5, 5.41) is 9.52. The quantitative estimate of drug-likeness (QED) is 0.785. The number of nitrogens with zero attached hydrogens (tertiary/aromatic N) is 3. The van der Waals surface area contributed by atoms with Crippen molar-refractivity contribution in [2.24, 2.45) is 5.41 Å². The number of Topliss-reactive ketones (excluding diaryl/α,β-unsaturated/α-hetero) is 1. The molecule has 0 spiro atoms. The van der Waals surface area contributed by atoms with E-state index >= 15 is 0 Å². The molecule has 2 heterocycles. The van der Waals surface area contributed by atoms with E-state index in [2.05, 4.69) is 19.9 Å². The number of carbonyl (C=O) groups excluding carboxylic acids is 2. The van der Waals surface area contributed by atoms with Crippen LogP contribution in [0.25, 0.3) is 0 Å². The van der Waals surface area contributed by atoms with Crippen LogP contribution in [0.3, 0.4) is 0 Å². The second-order valence-corrected chi connectivity index (χ2v) is 6.66. The Morgan fingerprint density at radius 2 is 2.05 bits per heavy atom. The highest BCUT2D eigenvalue weighted by Gasteiger charge is 2.42. The normalized spacial score (nSPS) is 24.2. The molecule has 0 aliphatic carbocycles. The lowest BCUT2D eigenvalue weighted by atomic mass is 9.77. The number of fused-ring (bicyclic) bond motifs is 1. The zero-order chi connectivity index (χ0) is 15.9. The van der Waals surface area contributed by atoms with Crippen LogP contribution in [-0.4, -0.2) is 35.8 Å². The first-order valence-corrected chi connectivity index (χ1v) is 7.54. The molecule has 1 amide bonds. The number of para-hydroxylation sites is 1. The van der Waals surface area contributed by atoms with Gasteiger partial charge in [0.05, 0.1) is 24.0 Å². The van der Waals surface area contributed by atoms with Gasteiger partial charge in [-0.1, -0.05) is 26.0 Å². The average Bonchev–Trinajstić information content (AvgIpc) is 2.72. The van der Waals surface area contributed by atoms with E-state index in [1.807, 2.05) is 11.0 Å². The standard InChI is InChI=1S/C17H19N3O2/c1-17(2)8-5-9-19(14(17)10-18)11-20-13-7-4-3-6-12(13)15(21)16(20)22/h3-4,6-7,14H,5,8-9,11H2,1-2H3. The molecule has 2 aliphatic rings. The largest absolute Gasteiger partial charge is 0.300 e. The number of carbonyl (C=O) groups is 2. The summed E-state index contributed by atoms with van der Waals surface area (Å²) in [4.78, 5) is 27.8.